The summed E-state index contributed by atoms with van der Waals surface area (Å²) < 4.78 is 5.37. The standard InChI is InChI=1S/C16H13ClN2O2/c1-10-7-12(11(2)21-10)8-13(9-18)16(20)19-15-6-4-3-5-14(15)17/h3-8H,1-2H3,(H,19,20)/b13-8-. The number of rotatable bonds is 3. The molecule has 106 valence electrons. The van der Waals surface area contributed by atoms with E-state index in [1.54, 1.807) is 44.2 Å². The predicted octanol–water partition coefficient (Wildman–Crippen LogP) is 4.10. The van der Waals surface area contributed by atoms with Gasteiger partial charge in [0.15, 0.2) is 0 Å². The number of furan rings is 1. The van der Waals surface area contributed by atoms with Gasteiger partial charge >= 0.3 is 0 Å². The first-order chi connectivity index (χ1) is 10.0. The Hall–Kier alpha value is -2.51. The first-order valence-corrected chi connectivity index (χ1v) is 6.63. The third-order valence-electron chi connectivity index (χ3n) is 2.87. The average Bonchev–Trinajstić information content (AvgIpc) is 2.76. The van der Waals surface area contributed by atoms with Gasteiger partial charge in [-0.1, -0.05) is 23.7 Å². The molecule has 0 fully saturated rings. The van der Waals surface area contributed by atoms with Gasteiger partial charge in [0.2, 0.25) is 0 Å². The number of anilines is 1. The lowest BCUT2D eigenvalue weighted by Gasteiger charge is -2.05. The number of nitrogens with one attached hydrogen (secondary N) is 1. The van der Waals surface area contributed by atoms with Crippen LogP contribution in [0.1, 0.15) is 17.1 Å². The molecule has 1 aromatic heterocycles. The summed E-state index contributed by atoms with van der Waals surface area (Å²) in [6, 6.07) is 10.5. The fourth-order valence-electron chi connectivity index (χ4n) is 1.85. The molecule has 4 nitrogen and oxygen atoms in total. The molecule has 1 amide bonds. The van der Waals surface area contributed by atoms with Gasteiger partial charge in [0.25, 0.3) is 5.91 Å². The van der Waals surface area contributed by atoms with Crippen LogP contribution in [0, 0.1) is 25.2 Å². The van der Waals surface area contributed by atoms with E-state index in [0.717, 1.165) is 5.76 Å². The Morgan fingerprint density at radius 3 is 2.67 bits per heavy atom. The van der Waals surface area contributed by atoms with E-state index in [4.69, 9.17) is 21.3 Å². The summed E-state index contributed by atoms with van der Waals surface area (Å²) in [6.07, 6.45) is 1.50. The van der Waals surface area contributed by atoms with E-state index < -0.39 is 5.91 Å². The van der Waals surface area contributed by atoms with Crippen LogP contribution in [-0.4, -0.2) is 5.91 Å². The highest BCUT2D eigenvalue weighted by atomic mass is 35.5. The summed E-state index contributed by atoms with van der Waals surface area (Å²) in [5.74, 6) is 0.872. The molecule has 0 radical (unpaired) electrons. The van der Waals surface area contributed by atoms with E-state index >= 15 is 0 Å². The molecule has 0 unspecified atom stereocenters. The molecular weight excluding hydrogens is 288 g/mol. The van der Waals surface area contributed by atoms with Gasteiger partial charge in [-0.05, 0) is 38.1 Å². The molecule has 0 spiro atoms. The van der Waals surface area contributed by atoms with Gasteiger partial charge in [-0.2, -0.15) is 5.26 Å². The van der Waals surface area contributed by atoms with Crippen LogP contribution in [0.25, 0.3) is 6.08 Å². The fraction of sp³-hybridized carbons (Fsp3) is 0.125. The number of nitriles is 1. The van der Waals surface area contributed by atoms with Crippen molar-refractivity contribution in [2.45, 2.75) is 13.8 Å². The van der Waals surface area contributed by atoms with Crippen LogP contribution in [-0.2, 0) is 4.79 Å². The highest BCUT2D eigenvalue weighted by Crippen LogP contribution is 2.22. The lowest BCUT2D eigenvalue weighted by atomic mass is 10.1. The van der Waals surface area contributed by atoms with Crippen LogP contribution in [0.2, 0.25) is 5.02 Å². The molecular formula is C16H13ClN2O2. The van der Waals surface area contributed by atoms with Gasteiger partial charge in [-0.3, -0.25) is 4.79 Å². The molecule has 0 aliphatic rings. The molecule has 0 bridgehead atoms. The molecule has 21 heavy (non-hydrogen) atoms. The Balaban J connectivity index is 2.26. The molecule has 2 aromatic rings. The van der Waals surface area contributed by atoms with Crippen molar-refractivity contribution in [3.05, 3.63) is 58.0 Å². The van der Waals surface area contributed by atoms with Gasteiger partial charge in [0.1, 0.15) is 23.2 Å². The molecule has 0 atom stereocenters. The number of hydrogen-bond acceptors (Lipinski definition) is 3. The Morgan fingerprint density at radius 1 is 1.38 bits per heavy atom. The molecule has 0 saturated heterocycles. The third kappa shape index (κ3) is 3.53. The van der Waals surface area contributed by atoms with Gasteiger partial charge in [-0.25, -0.2) is 0 Å². The summed E-state index contributed by atoms with van der Waals surface area (Å²) in [4.78, 5) is 12.1. The second-order valence-corrected chi connectivity index (χ2v) is 4.88. The van der Waals surface area contributed by atoms with Crippen molar-refractivity contribution >= 4 is 29.3 Å². The van der Waals surface area contributed by atoms with Gasteiger partial charge in [-0.15, -0.1) is 0 Å². The van der Waals surface area contributed by atoms with Crippen molar-refractivity contribution in [2.24, 2.45) is 0 Å². The van der Waals surface area contributed by atoms with E-state index in [1.165, 1.54) is 6.08 Å². The molecule has 0 aliphatic heterocycles. The smallest absolute Gasteiger partial charge is 0.266 e. The van der Waals surface area contributed by atoms with Crippen LogP contribution in [0.5, 0.6) is 0 Å². The van der Waals surface area contributed by atoms with E-state index in [-0.39, 0.29) is 5.57 Å². The van der Waals surface area contributed by atoms with Crippen LogP contribution in [0.4, 0.5) is 5.69 Å². The maximum absolute atomic E-state index is 12.1. The monoisotopic (exact) mass is 300 g/mol. The van der Waals surface area contributed by atoms with Gasteiger partial charge in [0.05, 0.1) is 10.7 Å². The van der Waals surface area contributed by atoms with Gasteiger partial charge < -0.3 is 9.73 Å². The molecule has 1 aromatic carbocycles. The number of carbonyl (C=O) groups excluding carboxylic acids is 1. The van der Waals surface area contributed by atoms with Crippen molar-refractivity contribution in [1.82, 2.24) is 0 Å². The fourth-order valence-corrected chi connectivity index (χ4v) is 2.03. The van der Waals surface area contributed by atoms with Crippen molar-refractivity contribution in [3.63, 3.8) is 0 Å². The number of para-hydroxylation sites is 1. The number of halogens is 1. The minimum absolute atomic E-state index is 0.0150. The quantitative estimate of drug-likeness (QED) is 0.685. The van der Waals surface area contributed by atoms with Crippen LogP contribution in [0.3, 0.4) is 0 Å². The Kier molecular flexibility index (Phi) is 4.46. The first kappa shape index (κ1) is 14.9. The van der Waals surface area contributed by atoms with Crippen LogP contribution in [0.15, 0.2) is 40.3 Å². The van der Waals surface area contributed by atoms with Crippen molar-refractivity contribution in [3.8, 4) is 6.07 Å². The maximum Gasteiger partial charge on any atom is 0.266 e. The number of nitrogens with zero attached hydrogens (tertiary/aromatic N) is 1. The van der Waals surface area contributed by atoms with E-state index in [1.807, 2.05) is 6.07 Å². The second kappa shape index (κ2) is 6.29. The highest BCUT2D eigenvalue weighted by Gasteiger charge is 2.12. The minimum atomic E-state index is -0.510. The zero-order valence-electron chi connectivity index (χ0n) is 11.6. The van der Waals surface area contributed by atoms with Crippen molar-refractivity contribution in [1.29, 1.82) is 5.26 Å². The summed E-state index contributed by atoms with van der Waals surface area (Å²) in [7, 11) is 0. The lowest BCUT2D eigenvalue weighted by molar-refractivity contribution is -0.112. The highest BCUT2D eigenvalue weighted by molar-refractivity contribution is 6.34. The van der Waals surface area contributed by atoms with Crippen LogP contribution >= 0.6 is 11.6 Å². The largest absolute Gasteiger partial charge is 0.466 e. The average molecular weight is 301 g/mol. The number of aryl methyl sites for hydroxylation is 2. The molecule has 0 aliphatic carbocycles. The van der Waals surface area contributed by atoms with E-state index in [9.17, 15) is 4.79 Å². The van der Waals surface area contributed by atoms with Gasteiger partial charge in [0, 0.05) is 5.56 Å². The zero-order valence-corrected chi connectivity index (χ0v) is 12.4. The normalized spacial score (nSPS) is 11.0. The maximum atomic E-state index is 12.1. The summed E-state index contributed by atoms with van der Waals surface area (Å²) in [5, 5.41) is 12.2. The molecule has 1 heterocycles. The predicted molar refractivity (Wildman–Crippen MR) is 81.9 cm³/mol. The molecule has 2 rings (SSSR count). The van der Waals surface area contributed by atoms with E-state index in [2.05, 4.69) is 5.32 Å². The van der Waals surface area contributed by atoms with E-state index in [0.29, 0.717) is 22.0 Å². The summed E-state index contributed by atoms with van der Waals surface area (Å²) in [6.45, 7) is 3.58. The van der Waals surface area contributed by atoms with Crippen molar-refractivity contribution < 1.29 is 9.21 Å². The zero-order chi connectivity index (χ0) is 15.4. The summed E-state index contributed by atoms with van der Waals surface area (Å²) >= 11 is 5.97. The minimum Gasteiger partial charge on any atom is -0.466 e. The number of carbonyl (C=O) groups is 1. The number of amides is 1. The van der Waals surface area contributed by atoms with Crippen LogP contribution < -0.4 is 5.32 Å². The second-order valence-electron chi connectivity index (χ2n) is 4.47. The Bertz CT molecular complexity index is 754. The Morgan fingerprint density at radius 2 is 2.10 bits per heavy atom. The Labute approximate surface area is 127 Å². The first-order valence-electron chi connectivity index (χ1n) is 6.26. The molecule has 5 heteroatoms. The summed E-state index contributed by atoms with van der Waals surface area (Å²) in [5.41, 5.74) is 1.16. The SMILES string of the molecule is Cc1cc(/C=C(/C#N)C(=O)Nc2ccccc2Cl)c(C)o1. The topological polar surface area (TPSA) is 66.0 Å². The lowest BCUT2D eigenvalue weighted by Crippen LogP contribution is -2.13. The van der Waals surface area contributed by atoms with Crippen molar-refractivity contribution in [2.75, 3.05) is 5.32 Å². The number of benzene rings is 1. The third-order valence-corrected chi connectivity index (χ3v) is 3.20. The molecule has 1 N–H and O–H groups in total. The molecule has 0 saturated carbocycles. The number of hydrogen-bond donors (Lipinski definition) is 1.